The van der Waals surface area contributed by atoms with E-state index in [1.165, 1.54) is 0 Å². The molecule has 1 fully saturated rings. The number of benzene rings is 3. The van der Waals surface area contributed by atoms with Crippen LogP contribution < -0.4 is 19.9 Å². The van der Waals surface area contributed by atoms with E-state index in [4.69, 9.17) is 9.47 Å². The maximum absolute atomic E-state index is 13.5. The summed E-state index contributed by atoms with van der Waals surface area (Å²) in [6.45, 7) is 3.25. The Morgan fingerprint density at radius 1 is 0.903 bits per heavy atom. The number of hydrogen-bond acceptors (Lipinski definition) is 5. The van der Waals surface area contributed by atoms with Crippen molar-refractivity contribution in [3.8, 4) is 5.75 Å². The lowest BCUT2D eigenvalue weighted by Gasteiger charge is -2.38. The zero-order chi connectivity index (χ0) is 21.2. The van der Waals surface area contributed by atoms with Crippen molar-refractivity contribution in [2.75, 3.05) is 48.5 Å². The number of methoxy groups -OCH3 is 1. The van der Waals surface area contributed by atoms with Crippen molar-refractivity contribution in [1.82, 2.24) is 0 Å². The molecule has 3 aromatic rings. The van der Waals surface area contributed by atoms with E-state index in [1.54, 1.807) is 7.11 Å². The van der Waals surface area contributed by atoms with E-state index in [2.05, 4.69) is 22.3 Å². The number of ether oxygens (including phenoxy) is 2. The van der Waals surface area contributed by atoms with Gasteiger partial charge in [-0.15, -0.1) is 0 Å². The largest absolute Gasteiger partial charge is 0.497 e. The highest BCUT2D eigenvalue weighted by Gasteiger charge is 2.34. The fourth-order valence-electron chi connectivity index (χ4n) is 4.18. The minimum absolute atomic E-state index is 0.0192. The minimum Gasteiger partial charge on any atom is -0.497 e. The van der Waals surface area contributed by atoms with Gasteiger partial charge in [-0.05, 0) is 54.1 Å². The average Bonchev–Trinajstić information content (AvgIpc) is 2.85. The fraction of sp³-hybridized carbons (Fsp3) is 0.240. The molecule has 1 unspecified atom stereocenters. The first-order valence-corrected chi connectivity index (χ1v) is 10.5. The molecule has 6 heteroatoms. The standard InChI is InChI=1S/C25H25N3O3/c1-30-21-12-6-18(7-13-21)24-26-23-5-3-2-4-22(23)25(29)28(24)20-10-8-19(9-11-20)27-14-16-31-17-15-27/h2-13,24,26H,14-17H2,1H3. The lowest BCUT2D eigenvalue weighted by Crippen LogP contribution is -2.43. The molecule has 0 saturated carbocycles. The van der Waals surface area contributed by atoms with Crippen molar-refractivity contribution in [3.63, 3.8) is 0 Å². The molecular weight excluding hydrogens is 390 g/mol. The highest BCUT2D eigenvalue weighted by molar-refractivity contribution is 6.12. The summed E-state index contributed by atoms with van der Waals surface area (Å²) in [6, 6.07) is 23.7. The van der Waals surface area contributed by atoms with E-state index in [-0.39, 0.29) is 12.1 Å². The number of nitrogens with zero attached hydrogens (tertiary/aromatic N) is 2. The van der Waals surface area contributed by atoms with Crippen molar-refractivity contribution < 1.29 is 14.3 Å². The van der Waals surface area contributed by atoms with Gasteiger partial charge in [-0.2, -0.15) is 0 Å². The van der Waals surface area contributed by atoms with Gasteiger partial charge in [0.2, 0.25) is 0 Å². The van der Waals surface area contributed by atoms with Crippen LogP contribution in [0.2, 0.25) is 0 Å². The van der Waals surface area contributed by atoms with Gasteiger partial charge in [0, 0.05) is 30.2 Å². The summed E-state index contributed by atoms with van der Waals surface area (Å²) in [5.74, 6) is 0.766. The van der Waals surface area contributed by atoms with Crippen LogP contribution in [-0.2, 0) is 4.74 Å². The van der Waals surface area contributed by atoms with Gasteiger partial charge in [-0.25, -0.2) is 0 Å². The highest BCUT2D eigenvalue weighted by atomic mass is 16.5. The van der Waals surface area contributed by atoms with E-state index in [1.807, 2.05) is 65.6 Å². The minimum atomic E-state index is -0.317. The second-order valence-corrected chi connectivity index (χ2v) is 7.66. The topological polar surface area (TPSA) is 54.0 Å². The summed E-state index contributed by atoms with van der Waals surface area (Å²) in [7, 11) is 1.65. The molecular formula is C25H25N3O3. The first-order chi connectivity index (χ1) is 15.2. The molecule has 6 nitrogen and oxygen atoms in total. The number of para-hydroxylation sites is 1. The second-order valence-electron chi connectivity index (χ2n) is 7.66. The van der Waals surface area contributed by atoms with E-state index < -0.39 is 0 Å². The molecule has 0 aromatic heterocycles. The summed E-state index contributed by atoms with van der Waals surface area (Å²) >= 11 is 0. The van der Waals surface area contributed by atoms with Crippen LogP contribution in [0.1, 0.15) is 22.1 Å². The number of nitrogens with one attached hydrogen (secondary N) is 1. The van der Waals surface area contributed by atoms with Crippen LogP contribution in [0.4, 0.5) is 17.1 Å². The Labute approximate surface area is 182 Å². The first kappa shape index (κ1) is 19.5. The van der Waals surface area contributed by atoms with Gasteiger partial charge in [0.25, 0.3) is 5.91 Å². The number of amides is 1. The molecule has 1 saturated heterocycles. The quantitative estimate of drug-likeness (QED) is 0.689. The number of carbonyl (C=O) groups is 1. The summed E-state index contributed by atoms with van der Waals surface area (Å²) in [4.78, 5) is 17.7. The molecule has 0 spiro atoms. The van der Waals surface area contributed by atoms with Crippen LogP contribution in [0.5, 0.6) is 5.75 Å². The lowest BCUT2D eigenvalue weighted by atomic mass is 10.0. The molecule has 2 aliphatic rings. The van der Waals surface area contributed by atoms with Gasteiger partial charge in [-0.3, -0.25) is 9.69 Å². The van der Waals surface area contributed by atoms with Crippen molar-refractivity contribution >= 4 is 23.0 Å². The van der Waals surface area contributed by atoms with Crippen LogP contribution in [-0.4, -0.2) is 39.3 Å². The van der Waals surface area contributed by atoms with Crippen LogP contribution in [0.3, 0.4) is 0 Å². The third-order valence-electron chi connectivity index (χ3n) is 5.86. The molecule has 1 atom stereocenters. The summed E-state index contributed by atoms with van der Waals surface area (Å²) in [6.07, 6.45) is -0.317. The van der Waals surface area contributed by atoms with Crippen molar-refractivity contribution in [2.24, 2.45) is 0 Å². The smallest absolute Gasteiger partial charge is 0.262 e. The Hall–Kier alpha value is -3.51. The second kappa shape index (κ2) is 8.32. The number of fused-ring (bicyclic) bond motifs is 1. The summed E-state index contributed by atoms with van der Waals surface area (Å²) < 4.78 is 10.8. The summed E-state index contributed by atoms with van der Waals surface area (Å²) in [5, 5.41) is 3.55. The van der Waals surface area contributed by atoms with Crippen molar-refractivity contribution in [2.45, 2.75) is 6.17 Å². The van der Waals surface area contributed by atoms with Gasteiger partial charge >= 0.3 is 0 Å². The highest BCUT2D eigenvalue weighted by Crippen LogP contribution is 2.37. The first-order valence-electron chi connectivity index (χ1n) is 10.5. The normalized spacial score (nSPS) is 18.4. The van der Waals surface area contributed by atoms with Gasteiger partial charge < -0.3 is 19.7 Å². The maximum atomic E-state index is 13.5. The van der Waals surface area contributed by atoms with Crippen LogP contribution >= 0.6 is 0 Å². The van der Waals surface area contributed by atoms with Gasteiger partial charge in [0.05, 0.1) is 25.9 Å². The number of morpholine rings is 1. The van der Waals surface area contributed by atoms with E-state index in [0.717, 1.165) is 54.7 Å². The predicted octanol–water partition coefficient (Wildman–Crippen LogP) is 4.30. The molecule has 158 valence electrons. The lowest BCUT2D eigenvalue weighted by molar-refractivity contribution is 0.0975. The average molecular weight is 415 g/mol. The van der Waals surface area contributed by atoms with Crippen LogP contribution in [0.15, 0.2) is 72.8 Å². The molecule has 0 bridgehead atoms. The van der Waals surface area contributed by atoms with E-state index >= 15 is 0 Å². The number of hydrogen-bond donors (Lipinski definition) is 1. The van der Waals surface area contributed by atoms with Gasteiger partial charge in [0.15, 0.2) is 0 Å². The third kappa shape index (κ3) is 3.70. The Morgan fingerprint density at radius 3 is 2.29 bits per heavy atom. The Morgan fingerprint density at radius 2 is 1.58 bits per heavy atom. The Balaban J connectivity index is 1.52. The van der Waals surface area contributed by atoms with Gasteiger partial charge in [-0.1, -0.05) is 24.3 Å². The Kier molecular flexibility index (Phi) is 5.22. The number of carbonyl (C=O) groups excluding carboxylic acids is 1. The maximum Gasteiger partial charge on any atom is 0.262 e. The van der Waals surface area contributed by atoms with E-state index in [9.17, 15) is 4.79 Å². The monoisotopic (exact) mass is 415 g/mol. The molecule has 31 heavy (non-hydrogen) atoms. The molecule has 3 aromatic carbocycles. The predicted molar refractivity (Wildman–Crippen MR) is 122 cm³/mol. The summed E-state index contributed by atoms with van der Waals surface area (Å²) in [5.41, 5.74) is 4.50. The molecule has 0 aliphatic carbocycles. The van der Waals surface area contributed by atoms with Gasteiger partial charge in [0.1, 0.15) is 11.9 Å². The SMILES string of the molecule is COc1ccc(C2Nc3ccccc3C(=O)N2c2ccc(N3CCOCC3)cc2)cc1. The van der Waals surface area contributed by atoms with Crippen LogP contribution in [0.25, 0.3) is 0 Å². The number of rotatable bonds is 4. The zero-order valence-corrected chi connectivity index (χ0v) is 17.5. The van der Waals surface area contributed by atoms with Crippen molar-refractivity contribution in [1.29, 1.82) is 0 Å². The van der Waals surface area contributed by atoms with Crippen LogP contribution in [0, 0.1) is 0 Å². The number of anilines is 3. The van der Waals surface area contributed by atoms with Crippen molar-refractivity contribution in [3.05, 3.63) is 83.9 Å². The fourth-order valence-corrected chi connectivity index (χ4v) is 4.18. The molecule has 1 N–H and O–H groups in total. The van der Waals surface area contributed by atoms with E-state index in [0.29, 0.717) is 5.56 Å². The Bertz CT molecular complexity index is 1060. The molecule has 1 amide bonds. The molecule has 2 heterocycles. The third-order valence-corrected chi connectivity index (χ3v) is 5.86. The zero-order valence-electron chi connectivity index (χ0n) is 17.5. The molecule has 5 rings (SSSR count). The molecule has 2 aliphatic heterocycles. The molecule has 0 radical (unpaired) electrons.